The van der Waals surface area contributed by atoms with E-state index in [1.165, 1.54) is 0 Å². The zero-order valence-electron chi connectivity index (χ0n) is 11.5. The summed E-state index contributed by atoms with van der Waals surface area (Å²) in [6, 6.07) is -0.0308. The SMILES string of the molecule is FC(F)(F)C1CCNC(C2CCOC3(CCOC3)C2)C1. The van der Waals surface area contributed by atoms with E-state index in [9.17, 15) is 13.2 Å². The van der Waals surface area contributed by atoms with Gasteiger partial charge in [-0.2, -0.15) is 13.2 Å². The second-order valence-corrected chi connectivity index (χ2v) is 6.41. The van der Waals surface area contributed by atoms with Crippen LogP contribution < -0.4 is 5.32 Å². The molecule has 1 spiro atoms. The average Bonchev–Trinajstić information content (AvgIpc) is 2.86. The van der Waals surface area contributed by atoms with Crippen molar-refractivity contribution in [3.8, 4) is 0 Å². The van der Waals surface area contributed by atoms with Crippen LogP contribution in [0.3, 0.4) is 0 Å². The summed E-state index contributed by atoms with van der Waals surface area (Å²) < 4.78 is 50.0. The molecule has 3 rings (SSSR count). The van der Waals surface area contributed by atoms with Gasteiger partial charge in [0.05, 0.1) is 18.1 Å². The van der Waals surface area contributed by atoms with Crippen molar-refractivity contribution in [2.75, 3.05) is 26.4 Å². The van der Waals surface area contributed by atoms with Crippen molar-refractivity contribution in [3.63, 3.8) is 0 Å². The summed E-state index contributed by atoms with van der Waals surface area (Å²) in [5.74, 6) is -0.872. The van der Waals surface area contributed by atoms with Gasteiger partial charge in [0.15, 0.2) is 0 Å². The first-order chi connectivity index (χ1) is 9.49. The van der Waals surface area contributed by atoms with Crippen molar-refractivity contribution in [3.05, 3.63) is 0 Å². The first kappa shape index (κ1) is 14.6. The van der Waals surface area contributed by atoms with Crippen molar-refractivity contribution >= 4 is 0 Å². The summed E-state index contributed by atoms with van der Waals surface area (Å²) in [5, 5.41) is 3.30. The molecule has 0 aromatic carbocycles. The van der Waals surface area contributed by atoms with Crippen LogP contribution in [-0.4, -0.2) is 44.2 Å². The van der Waals surface area contributed by atoms with E-state index in [-0.39, 0.29) is 30.4 Å². The van der Waals surface area contributed by atoms with E-state index in [2.05, 4.69) is 5.32 Å². The molecule has 0 aliphatic carbocycles. The Labute approximate surface area is 117 Å². The molecule has 4 atom stereocenters. The van der Waals surface area contributed by atoms with Crippen molar-refractivity contribution in [2.45, 2.75) is 49.9 Å². The van der Waals surface area contributed by atoms with E-state index in [1.807, 2.05) is 0 Å². The van der Waals surface area contributed by atoms with Crippen LogP contribution in [0, 0.1) is 11.8 Å². The molecule has 4 unspecified atom stereocenters. The number of alkyl halides is 3. The largest absolute Gasteiger partial charge is 0.391 e. The Hall–Kier alpha value is -0.330. The number of ether oxygens (including phenoxy) is 2. The van der Waals surface area contributed by atoms with Gasteiger partial charge in [-0.1, -0.05) is 0 Å². The van der Waals surface area contributed by atoms with Gasteiger partial charge in [0.25, 0.3) is 0 Å². The standard InChI is InChI=1S/C14H22F3NO2/c15-14(16,17)11-1-4-18-12(7-11)10-2-5-20-13(8-10)3-6-19-9-13/h10-12,18H,1-9H2. The summed E-state index contributed by atoms with van der Waals surface area (Å²) >= 11 is 0. The Kier molecular flexibility index (Phi) is 3.99. The first-order valence-electron chi connectivity index (χ1n) is 7.50. The molecule has 3 saturated heterocycles. The second kappa shape index (κ2) is 5.46. The third-order valence-corrected chi connectivity index (χ3v) is 5.07. The summed E-state index contributed by atoms with van der Waals surface area (Å²) in [6.45, 7) is 2.41. The molecule has 0 bridgehead atoms. The highest BCUT2D eigenvalue weighted by Gasteiger charge is 2.47. The van der Waals surface area contributed by atoms with Crippen LogP contribution in [0.25, 0.3) is 0 Å². The maximum Gasteiger partial charge on any atom is 0.391 e. The molecule has 116 valence electrons. The van der Waals surface area contributed by atoms with Crippen molar-refractivity contribution in [2.24, 2.45) is 11.8 Å². The van der Waals surface area contributed by atoms with E-state index in [0.29, 0.717) is 26.4 Å². The van der Waals surface area contributed by atoms with Gasteiger partial charge in [0.2, 0.25) is 0 Å². The van der Waals surface area contributed by atoms with Crippen LogP contribution in [0.15, 0.2) is 0 Å². The molecule has 3 aliphatic heterocycles. The zero-order chi connectivity index (χ0) is 14.2. The molecule has 0 radical (unpaired) electrons. The Balaban J connectivity index is 1.63. The average molecular weight is 293 g/mol. The molecule has 3 fully saturated rings. The fourth-order valence-electron chi connectivity index (χ4n) is 3.88. The molecular weight excluding hydrogens is 271 g/mol. The third-order valence-electron chi connectivity index (χ3n) is 5.07. The second-order valence-electron chi connectivity index (χ2n) is 6.41. The maximum absolute atomic E-state index is 12.9. The van der Waals surface area contributed by atoms with Crippen molar-refractivity contribution in [1.29, 1.82) is 0 Å². The number of hydrogen-bond donors (Lipinski definition) is 1. The lowest BCUT2D eigenvalue weighted by Gasteiger charge is -2.43. The van der Waals surface area contributed by atoms with E-state index >= 15 is 0 Å². The summed E-state index contributed by atoms with van der Waals surface area (Å²) in [4.78, 5) is 0. The van der Waals surface area contributed by atoms with Crippen molar-refractivity contribution in [1.82, 2.24) is 5.32 Å². The lowest BCUT2D eigenvalue weighted by molar-refractivity contribution is -0.186. The maximum atomic E-state index is 12.9. The fourth-order valence-corrected chi connectivity index (χ4v) is 3.88. The minimum Gasteiger partial charge on any atom is -0.378 e. The number of halogens is 3. The minimum atomic E-state index is -4.06. The lowest BCUT2D eigenvalue weighted by Crippen LogP contribution is -2.51. The first-order valence-corrected chi connectivity index (χ1v) is 7.50. The summed E-state index contributed by atoms with van der Waals surface area (Å²) in [6.07, 6.45) is -1.08. The minimum absolute atomic E-state index is 0.0308. The summed E-state index contributed by atoms with van der Waals surface area (Å²) in [7, 11) is 0. The Morgan fingerprint density at radius 3 is 2.70 bits per heavy atom. The van der Waals surface area contributed by atoms with Crippen LogP contribution in [0.2, 0.25) is 0 Å². The predicted molar refractivity (Wildman–Crippen MR) is 67.4 cm³/mol. The van der Waals surface area contributed by atoms with Crippen LogP contribution >= 0.6 is 0 Å². The summed E-state index contributed by atoms with van der Waals surface area (Å²) in [5.41, 5.74) is -0.226. The highest BCUT2D eigenvalue weighted by Crippen LogP contribution is 2.41. The van der Waals surface area contributed by atoms with Gasteiger partial charge in [0.1, 0.15) is 0 Å². The molecule has 6 heteroatoms. The lowest BCUT2D eigenvalue weighted by atomic mass is 9.76. The third kappa shape index (κ3) is 2.97. The van der Waals surface area contributed by atoms with E-state index in [0.717, 1.165) is 19.3 Å². The van der Waals surface area contributed by atoms with Gasteiger partial charge in [-0.3, -0.25) is 0 Å². The number of hydrogen-bond acceptors (Lipinski definition) is 3. The number of piperidine rings is 1. The molecule has 0 aromatic rings. The van der Waals surface area contributed by atoms with E-state index < -0.39 is 12.1 Å². The Bertz CT molecular complexity index is 342. The van der Waals surface area contributed by atoms with Gasteiger partial charge >= 0.3 is 6.18 Å². The molecule has 20 heavy (non-hydrogen) atoms. The van der Waals surface area contributed by atoms with Gasteiger partial charge in [-0.15, -0.1) is 0 Å². The Morgan fingerprint density at radius 1 is 1.15 bits per heavy atom. The van der Waals surface area contributed by atoms with Gasteiger partial charge in [-0.25, -0.2) is 0 Å². The quantitative estimate of drug-likeness (QED) is 0.806. The van der Waals surface area contributed by atoms with Crippen LogP contribution in [-0.2, 0) is 9.47 Å². The predicted octanol–water partition coefficient (Wildman–Crippen LogP) is 2.50. The van der Waals surface area contributed by atoms with E-state index in [4.69, 9.17) is 9.47 Å². The molecule has 3 aliphatic rings. The molecule has 3 heterocycles. The highest BCUT2D eigenvalue weighted by molar-refractivity contribution is 4.95. The molecular formula is C14H22F3NO2. The number of rotatable bonds is 1. The number of nitrogens with one attached hydrogen (secondary N) is 1. The van der Waals surface area contributed by atoms with E-state index in [1.54, 1.807) is 0 Å². The molecule has 1 N–H and O–H groups in total. The molecule has 0 aromatic heterocycles. The zero-order valence-corrected chi connectivity index (χ0v) is 11.5. The highest BCUT2D eigenvalue weighted by atomic mass is 19.4. The van der Waals surface area contributed by atoms with Gasteiger partial charge in [-0.05, 0) is 38.1 Å². The molecule has 0 amide bonds. The van der Waals surface area contributed by atoms with Crippen LogP contribution in [0.5, 0.6) is 0 Å². The van der Waals surface area contributed by atoms with Gasteiger partial charge in [0, 0.05) is 25.7 Å². The topological polar surface area (TPSA) is 30.5 Å². The van der Waals surface area contributed by atoms with Crippen LogP contribution in [0.1, 0.15) is 32.1 Å². The molecule has 0 saturated carbocycles. The smallest absolute Gasteiger partial charge is 0.378 e. The fraction of sp³-hybridized carbons (Fsp3) is 1.00. The Morgan fingerprint density at radius 2 is 2.00 bits per heavy atom. The van der Waals surface area contributed by atoms with Gasteiger partial charge < -0.3 is 14.8 Å². The van der Waals surface area contributed by atoms with Crippen LogP contribution in [0.4, 0.5) is 13.2 Å². The normalized spacial score (nSPS) is 43.0. The molecule has 3 nitrogen and oxygen atoms in total. The monoisotopic (exact) mass is 293 g/mol. The van der Waals surface area contributed by atoms with Crippen molar-refractivity contribution < 1.29 is 22.6 Å².